The van der Waals surface area contributed by atoms with Gasteiger partial charge < -0.3 is 14.8 Å². The van der Waals surface area contributed by atoms with E-state index in [-0.39, 0.29) is 5.70 Å². The summed E-state index contributed by atoms with van der Waals surface area (Å²) in [7, 11) is 3.04. The van der Waals surface area contributed by atoms with Gasteiger partial charge in [-0.25, -0.2) is 4.90 Å². The number of hydrogen-bond donors (Lipinski definition) is 1. The normalized spacial score (nSPS) is 13.6. The Morgan fingerprint density at radius 1 is 0.781 bits per heavy atom. The van der Waals surface area contributed by atoms with E-state index >= 15 is 0 Å². The van der Waals surface area contributed by atoms with E-state index in [0.717, 1.165) is 21.7 Å². The first-order valence-electron chi connectivity index (χ1n) is 10.2. The molecule has 2 amide bonds. The second kappa shape index (κ2) is 8.59. The number of carbonyl (C=O) groups is 2. The van der Waals surface area contributed by atoms with Crippen molar-refractivity contribution in [1.82, 2.24) is 0 Å². The third kappa shape index (κ3) is 3.71. The van der Waals surface area contributed by atoms with E-state index in [1.54, 1.807) is 18.2 Å². The molecule has 4 rings (SSSR count). The third-order valence-electron chi connectivity index (χ3n) is 5.41. The molecule has 3 aromatic carbocycles. The van der Waals surface area contributed by atoms with Crippen LogP contribution >= 0.6 is 0 Å². The Balaban J connectivity index is 1.82. The van der Waals surface area contributed by atoms with Crippen molar-refractivity contribution in [1.29, 1.82) is 0 Å². The van der Waals surface area contributed by atoms with Gasteiger partial charge in [-0.3, -0.25) is 9.59 Å². The minimum Gasteiger partial charge on any atom is -0.493 e. The molecule has 0 unspecified atom stereocenters. The second-order valence-corrected chi connectivity index (χ2v) is 7.54. The van der Waals surface area contributed by atoms with E-state index in [1.165, 1.54) is 14.2 Å². The maximum absolute atomic E-state index is 13.5. The minimum absolute atomic E-state index is 0.239. The maximum Gasteiger partial charge on any atom is 0.282 e. The molecule has 0 fully saturated rings. The molecule has 32 heavy (non-hydrogen) atoms. The van der Waals surface area contributed by atoms with E-state index in [4.69, 9.17) is 9.47 Å². The van der Waals surface area contributed by atoms with Crippen molar-refractivity contribution < 1.29 is 19.1 Å². The van der Waals surface area contributed by atoms with E-state index in [2.05, 4.69) is 5.32 Å². The zero-order chi connectivity index (χ0) is 22.8. The van der Waals surface area contributed by atoms with Crippen LogP contribution < -0.4 is 19.7 Å². The van der Waals surface area contributed by atoms with Gasteiger partial charge in [0.25, 0.3) is 11.8 Å². The summed E-state index contributed by atoms with van der Waals surface area (Å²) in [4.78, 5) is 28.3. The highest BCUT2D eigenvalue weighted by atomic mass is 16.5. The predicted octanol–water partition coefficient (Wildman–Crippen LogP) is 4.72. The SMILES string of the molecule is COc1ccc(N2C(=O)C(Nc3ccc(C)cc3C)=C(c3ccccc3)C2=O)cc1OC. The molecule has 0 saturated carbocycles. The van der Waals surface area contributed by atoms with Crippen molar-refractivity contribution in [3.05, 3.63) is 89.1 Å². The van der Waals surface area contributed by atoms with Gasteiger partial charge in [-0.05, 0) is 43.2 Å². The molecule has 162 valence electrons. The Morgan fingerprint density at radius 2 is 1.50 bits per heavy atom. The number of benzene rings is 3. The molecule has 0 saturated heterocycles. The quantitative estimate of drug-likeness (QED) is 0.576. The van der Waals surface area contributed by atoms with Crippen molar-refractivity contribution in [2.24, 2.45) is 0 Å². The highest BCUT2D eigenvalue weighted by Gasteiger charge is 2.40. The number of imide groups is 1. The summed E-state index contributed by atoms with van der Waals surface area (Å²) < 4.78 is 10.6. The van der Waals surface area contributed by atoms with Gasteiger partial charge in [0.15, 0.2) is 11.5 Å². The highest BCUT2D eigenvalue weighted by Crippen LogP contribution is 2.37. The van der Waals surface area contributed by atoms with Gasteiger partial charge >= 0.3 is 0 Å². The Bertz CT molecular complexity index is 1230. The fourth-order valence-corrected chi connectivity index (χ4v) is 3.81. The van der Waals surface area contributed by atoms with E-state index in [0.29, 0.717) is 28.3 Å². The first kappa shape index (κ1) is 21.2. The van der Waals surface area contributed by atoms with Crippen LogP contribution in [0, 0.1) is 13.8 Å². The Labute approximate surface area is 187 Å². The van der Waals surface area contributed by atoms with Crippen LogP contribution in [0.5, 0.6) is 11.5 Å². The van der Waals surface area contributed by atoms with Gasteiger partial charge in [-0.2, -0.15) is 0 Å². The number of amides is 2. The molecule has 1 N–H and O–H groups in total. The van der Waals surface area contributed by atoms with Crippen LogP contribution in [-0.2, 0) is 9.59 Å². The Kier molecular flexibility index (Phi) is 5.69. The lowest BCUT2D eigenvalue weighted by Gasteiger charge is -2.18. The molecule has 0 radical (unpaired) electrons. The second-order valence-electron chi connectivity index (χ2n) is 7.54. The summed E-state index contributed by atoms with van der Waals surface area (Å²) in [5.41, 5.74) is 4.51. The summed E-state index contributed by atoms with van der Waals surface area (Å²) in [6.07, 6.45) is 0. The fourth-order valence-electron chi connectivity index (χ4n) is 3.81. The first-order valence-corrected chi connectivity index (χ1v) is 10.2. The highest BCUT2D eigenvalue weighted by molar-refractivity contribution is 6.46. The number of nitrogens with zero attached hydrogens (tertiary/aromatic N) is 1. The van der Waals surface area contributed by atoms with Crippen molar-refractivity contribution in [3.8, 4) is 11.5 Å². The lowest BCUT2D eigenvalue weighted by atomic mass is 10.0. The summed E-state index contributed by atoms with van der Waals surface area (Å²) in [5.74, 6) is 0.115. The number of anilines is 2. The summed E-state index contributed by atoms with van der Waals surface area (Å²) in [6.45, 7) is 3.97. The van der Waals surface area contributed by atoms with Crippen LogP contribution in [0.4, 0.5) is 11.4 Å². The molecule has 1 aliphatic rings. The molecule has 0 aromatic heterocycles. The van der Waals surface area contributed by atoms with Crippen LogP contribution in [0.25, 0.3) is 5.57 Å². The largest absolute Gasteiger partial charge is 0.493 e. The van der Waals surface area contributed by atoms with Crippen molar-refractivity contribution in [2.45, 2.75) is 13.8 Å². The smallest absolute Gasteiger partial charge is 0.282 e. The molecule has 6 heteroatoms. The molecule has 1 aliphatic heterocycles. The van der Waals surface area contributed by atoms with E-state index < -0.39 is 11.8 Å². The topological polar surface area (TPSA) is 67.9 Å². The van der Waals surface area contributed by atoms with Gasteiger partial charge in [0.1, 0.15) is 5.70 Å². The van der Waals surface area contributed by atoms with Crippen LogP contribution in [0.2, 0.25) is 0 Å². The maximum atomic E-state index is 13.5. The van der Waals surface area contributed by atoms with Gasteiger partial charge in [-0.1, -0.05) is 48.0 Å². The molecular weight excluding hydrogens is 404 g/mol. The lowest BCUT2D eigenvalue weighted by molar-refractivity contribution is -0.120. The van der Waals surface area contributed by atoms with E-state index in [1.807, 2.05) is 62.4 Å². The van der Waals surface area contributed by atoms with Crippen LogP contribution in [0.3, 0.4) is 0 Å². The molecule has 0 atom stereocenters. The number of methoxy groups -OCH3 is 2. The van der Waals surface area contributed by atoms with Gasteiger partial charge in [-0.15, -0.1) is 0 Å². The summed E-state index contributed by atoms with van der Waals surface area (Å²) in [5, 5.41) is 3.23. The van der Waals surface area contributed by atoms with Crippen molar-refractivity contribution in [3.63, 3.8) is 0 Å². The molecule has 3 aromatic rings. The number of carbonyl (C=O) groups excluding carboxylic acids is 2. The predicted molar refractivity (Wildman–Crippen MR) is 125 cm³/mol. The average Bonchev–Trinajstić information content (AvgIpc) is 3.05. The summed E-state index contributed by atoms with van der Waals surface area (Å²) in [6, 6.07) is 20.1. The summed E-state index contributed by atoms with van der Waals surface area (Å²) >= 11 is 0. The first-order chi connectivity index (χ1) is 15.4. The van der Waals surface area contributed by atoms with Gasteiger partial charge in [0.2, 0.25) is 0 Å². The van der Waals surface area contributed by atoms with Crippen LogP contribution in [0.15, 0.2) is 72.4 Å². The Hall–Kier alpha value is -4.06. The standard InChI is InChI=1S/C26H24N2O4/c1-16-10-12-20(17(2)14-16)27-24-23(18-8-6-5-7-9-18)25(29)28(26(24)30)19-11-13-21(31-3)22(15-19)32-4/h5-15,27H,1-4H3. The number of hydrogen-bond acceptors (Lipinski definition) is 5. The van der Waals surface area contributed by atoms with Crippen LogP contribution in [-0.4, -0.2) is 26.0 Å². The third-order valence-corrected chi connectivity index (χ3v) is 5.41. The Morgan fingerprint density at radius 3 is 2.16 bits per heavy atom. The monoisotopic (exact) mass is 428 g/mol. The fraction of sp³-hybridized carbons (Fsp3) is 0.154. The van der Waals surface area contributed by atoms with Crippen LogP contribution in [0.1, 0.15) is 16.7 Å². The molecule has 0 bridgehead atoms. The number of rotatable bonds is 6. The average molecular weight is 428 g/mol. The number of nitrogens with one attached hydrogen (secondary N) is 1. The van der Waals surface area contributed by atoms with Crippen molar-refractivity contribution >= 4 is 28.8 Å². The molecule has 0 spiro atoms. The molecule has 1 heterocycles. The molecule has 0 aliphatic carbocycles. The number of ether oxygens (including phenoxy) is 2. The zero-order valence-corrected chi connectivity index (χ0v) is 18.4. The molecule has 6 nitrogen and oxygen atoms in total. The minimum atomic E-state index is -0.430. The van der Waals surface area contributed by atoms with Gasteiger partial charge in [0.05, 0.1) is 25.5 Å². The van der Waals surface area contributed by atoms with Gasteiger partial charge in [0, 0.05) is 11.8 Å². The molecular formula is C26H24N2O4. The lowest BCUT2D eigenvalue weighted by Crippen LogP contribution is -2.32. The zero-order valence-electron chi connectivity index (χ0n) is 18.4. The van der Waals surface area contributed by atoms with E-state index in [9.17, 15) is 9.59 Å². The van der Waals surface area contributed by atoms with Crippen molar-refractivity contribution in [2.75, 3.05) is 24.4 Å². The number of aryl methyl sites for hydroxylation is 2.